The molecule has 0 N–H and O–H groups in total. The molecule has 0 saturated heterocycles. The van der Waals surface area contributed by atoms with E-state index in [1.54, 1.807) is 41.9 Å². The molecule has 0 spiro atoms. The van der Waals surface area contributed by atoms with Crippen LogP contribution in [0.25, 0.3) is 22.8 Å². The van der Waals surface area contributed by atoms with Gasteiger partial charge in [-0.1, -0.05) is 18.9 Å². The van der Waals surface area contributed by atoms with Gasteiger partial charge < -0.3 is 4.90 Å². The summed E-state index contributed by atoms with van der Waals surface area (Å²) in [6.45, 7) is 2.70. The molecule has 1 fully saturated rings. The van der Waals surface area contributed by atoms with Gasteiger partial charge in [0.15, 0.2) is 0 Å². The smallest absolute Gasteiger partial charge is 0.309 e. The molecule has 8 nitrogen and oxygen atoms in total. The molecule has 0 atom stereocenters. The molecular formula is C34H37F3N6O2. The Kier molecular flexibility index (Phi) is 9.44. The number of alkyl halides is 3. The topological polar surface area (TPSA) is 88.8 Å². The van der Waals surface area contributed by atoms with Crippen molar-refractivity contribution in [1.82, 2.24) is 23.8 Å². The second-order valence-corrected chi connectivity index (χ2v) is 12.2. The van der Waals surface area contributed by atoms with Crippen molar-refractivity contribution in [2.24, 2.45) is 11.8 Å². The predicted octanol–water partition coefficient (Wildman–Crippen LogP) is 6.87. The van der Waals surface area contributed by atoms with Crippen molar-refractivity contribution < 1.29 is 18.0 Å². The SMILES string of the molecule is Cc1c(-c2ccnn2-c2ccc(C#N)cc2)n(C(=O)CCCC2CCC(CN(C)C)CC2)c(=O)n1-c1cccc(C(F)(F)F)c1. The Hall–Kier alpha value is -4.43. The molecule has 1 aliphatic carbocycles. The third-order valence-electron chi connectivity index (χ3n) is 8.68. The van der Waals surface area contributed by atoms with E-state index < -0.39 is 23.3 Å². The van der Waals surface area contributed by atoms with Crippen LogP contribution in [0.1, 0.15) is 66.6 Å². The van der Waals surface area contributed by atoms with Gasteiger partial charge in [0.05, 0.1) is 51.8 Å². The van der Waals surface area contributed by atoms with E-state index in [2.05, 4.69) is 30.2 Å². The van der Waals surface area contributed by atoms with Crippen LogP contribution in [0, 0.1) is 30.1 Å². The van der Waals surface area contributed by atoms with Crippen molar-refractivity contribution >= 4 is 5.91 Å². The molecule has 2 aromatic carbocycles. The number of carbonyl (C=O) groups excluding carboxylic acids is 1. The summed E-state index contributed by atoms with van der Waals surface area (Å²) in [5.74, 6) is 0.804. The quantitative estimate of drug-likeness (QED) is 0.204. The Labute approximate surface area is 260 Å². The summed E-state index contributed by atoms with van der Waals surface area (Å²) in [5, 5.41) is 13.6. The fraction of sp³-hybridized carbons (Fsp3) is 0.412. The van der Waals surface area contributed by atoms with Crippen molar-refractivity contribution in [2.75, 3.05) is 20.6 Å². The van der Waals surface area contributed by atoms with E-state index in [-0.39, 0.29) is 17.8 Å². The van der Waals surface area contributed by atoms with E-state index in [9.17, 15) is 28.0 Å². The van der Waals surface area contributed by atoms with Crippen LogP contribution in [0.15, 0.2) is 65.6 Å². The van der Waals surface area contributed by atoms with Crippen molar-refractivity contribution in [3.63, 3.8) is 0 Å². The second-order valence-electron chi connectivity index (χ2n) is 12.2. The van der Waals surface area contributed by atoms with Gasteiger partial charge in [-0.2, -0.15) is 23.5 Å². The fourth-order valence-electron chi connectivity index (χ4n) is 6.50. The molecule has 0 bridgehead atoms. The predicted molar refractivity (Wildman–Crippen MR) is 166 cm³/mol. The third-order valence-corrected chi connectivity index (χ3v) is 8.68. The van der Waals surface area contributed by atoms with Gasteiger partial charge >= 0.3 is 11.9 Å². The fourth-order valence-corrected chi connectivity index (χ4v) is 6.50. The largest absolute Gasteiger partial charge is 0.416 e. The average molecular weight is 619 g/mol. The minimum atomic E-state index is -4.60. The number of hydrogen-bond acceptors (Lipinski definition) is 5. The van der Waals surface area contributed by atoms with Crippen molar-refractivity contribution in [1.29, 1.82) is 5.26 Å². The molecular weight excluding hydrogens is 581 g/mol. The van der Waals surface area contributed by atoms with Crippen molar-refractivity contribution in [3.05, 3.63) is 88.1 Å². The Balaban J connectivity index is 1.49. The van der Waals surface area contributed by atoms with Crippen LogP contribution in [0.2, 0.25) is 0 Å². The average Bonchev–Trinajstić information content (AvgIpc) is 3.59. The highest BCUT2D eigenvalue weighted by Gasteiger charge is 2.32. The standard InChI is InChI=1S/C34H37F3N6O2/c1-23-32(30-18-19-39-43(30)28-16-14-25(21-38)15-17-28)42(33(45)41(23)29-8-5-7-27(20-29)34(35,36)37)31(44)9-4-6-24-10-12-26(13-11-24)22-40(2)3/h5,7-8,14-20,24,26H,4,6,9-13,22H2,1-3H3. The molecule has 1 aliphatic rings. The first-order valence-corrected chi connectivity index (χ1v) is 15.2. The number of nitrogens with zero attached hydrogens (tertiary/aromatic N) is 6. The number of halogens is 3. The number of rotatable bonds is 9. The van der Waals surface area contributed by atoms with Gasteiger partial charge in [-0.25, -0.2) is 14.0 Å². The van der Waals surface area contributed by atoms with Crippen LogP contribution in [0.4, 0.5) is 13.2 Å². The summed E-state index contributed by atoms with van der Waals surface area (Å²) < 4.78 is 44.6. The van der Waals surface area contributed by atoms with E-state index in [1.807, 2.05) is 0 Å². The lowest BCUT2D eigenvalue weighted by Crippen LogP contribution is -2.29. The molecule has 11 heteroatoms. The summed E-state index contributed by atoms with van der Waals surface area (Å²) in [4.78, 5) is 30.1. The van der Waals surface area contributed by atoms with E-state index in [1.165, 1.54) is 31.2 Å². The highest BCUT2D eigenvalue weighted by Crippen LogP contribution is 2.34. The minimum Gasteiger partial charge on any atom is -0.309 e. The summed E-state index contributed by atoms with van der Waals surface area (Å²) >= 11 is 0. The highest BCUT2D eigenvalue weighted by molar-refractivity contribution is 5.84. The van der Waals surface area contributed by atoms with Gasteiger partial charge in [0.25, 0.3) is 0 Å². The van der Waals surface area contributed by atoms with Crippen LogP contribution in [-0.4, -0.2) is 50.4 Å². The Morgan fingerprint density at radius 3 is 2.36 bits per heavy atom. The third kappa shape index (κ3) is 6.96. The molecule has 45 heavy (non-hydrogen) atoms. The van der Waals surface area contributed by atoms with Crippen molar-refractivity contribution in [3.8, 4) is 28.8 Å². The van der Waals surface area contributed by atoms with Crippen LogP contribution < -0.4 is 5.69 Å². The van der Waals surface area contributed by atoms with E-state index >= 15 is 0 Å². The molecule has 236 valence electrons. The molecule has 4 aromatic rings. The number of nitriles is 1. The first kappa shape index (κ1) is 32.0. The molecule has 2 aromatic heterocycles. The Morgan fingerprint density at radius 1 is 1.02 bits per heavy atom. The molecule has 0 aliphatic heterocycles. The van der Waals surface area contributed by atoms with E-state index in [4.69, 9.17) is 0 Å². The van der Waals surface area contributed by atoms with E-state index in [0.29, 0.717) is 40.9 Å². The Bertz CT molecular complexity index is 1750. The van der Waals surface area contributed by atoms with Crippen LogP contribution >= 0.6 is 0 Å². The Morgan fingerprint density at radius 2 is 1.71 bits per heavy atom. The molecule has 2 heterocycles. The first-order chi connectivity index (χ1) is 21.5. The summed E-state index contributed by atoms with van der Waals surface area (Å²) in [7, 11) is 4.18. The normalized spacial score (nSPS) is 17.0. The number of hydrogen-bond donors (Lipinski definition) is 0. The van der Waals surface area contributed by atoms with E-state index in [0.717, 1.165) is 47.1 Å². The monoisotopic (exact) mass is 618 g/mol. The van der Waals surface area contributed by atoms with Crippen molar-refractivity contribution in [2.45, 2.75) is 58.0 Å². The van der Waals surface area contributed by atoms with Gasteiger partial charge in [-0.05, 0) is 107 Å². The maximum atomic E-state index is 14.0. The summed E-state index contributed by atoms with van der Waals surface area (Å²) in [6, 6.07) is 14.9. The molecule has 0 radical (unpaired) electrons. The zero-order chi connectivity index (χ0) is 32.3. The summed E-state index contributed by atoms with van der Waals surface area (Å²) in [5.41, 5.74) is 0.426. The van der Waals surface area contributed by atoms with Gasteiger partial charge in [0, 0.05) is 13.0 Å². The number of benzene rings is 2. The van der Waals surface area contributed by atoms with Gasteiger partial charge in [-0.3, -0.25) is 9.36 Å². The molecule has 0 amide bonds. The van der Waals surface area contributed by atoms with Gasteiger partial charge in [0.2, 0.25) is 5.91 Å². The van der Waals surface area contributed by atoms with Crippen LogP contribution in [0.3, 0.4) is 0 Å². The molecule has 0 unspecified atom stereocenters. The number of imidazole rings is 1. The number of aromatic nitrogens is 4. The lowest BCUT2D eigenvalue weighted by molar-refractivity contribution is -0.137. The number of carbonyl (C=O) groups is 1. The highest BCUT2D eigenvalue weighted by atomic mass is 19.4. The maximum Gasteiger partial charge on any atom is 0.416 e. The second kappa shape index (κ2) is 13.3. The van der Waals surface area contributed by atoms with Crippen LogP contribution in [-0.2, 0) is 6.18 Å². The molecule has 5 rings (SSSR count). The lowest BCUT2D eigenvalue weighted by atomic mass is 9.79. The summed E-state index contributed by atoms with van der Waals surface area (Å²) in [6.07, 6.45) is 3.10. The van der Waals surface area contributed by atoms with Crippen LogP contribution in [0.5, 0.6) is 0 Å². The first-order valence-electron chi connectivity index (χ1n) is 15.2. The maximum absolute atomic E-state index is 14.0. The zero-order valence-electron chi connectivity index (χ0n) is 25.7. The minimum absolute atomic E-state index is 0.0130. The van der Waals surface area contributed by atoms with Gasteiger partial charge in [0.1, 0.15) is 0 Å². The zero-order valence-corrected chi connectivity index (χ0v) is 25.7. The lowest BCUT2D eigenvalue weighted by Gasteiger charge is -2.30. The van der Waals surface area contributed by atoms with Gasteiger partial charge in [-0.15, -0.1) is 0 Å². The molecule has 1 saturated carbocycles.